The van der Waals surface area contributed by atoms with Crippen molar-refractivity contribution in [1.82, 2.24) is 4.57 Å². The van der Waals surface area contributed by atoms with Crippen LogP contribution in [0.1, 0.15) is 158 Å². The Labute approximate surface area is 400 Å². The first-order valence-corrected chi connectivity index (χ1v) is 22.9. The topological polar surface area (TPSA) is 21.9 Å². The maximum Gasteiger partial charge on any atom is 0.499 e. The van der Waals surface area contributed by atoms with Gasteiger partial charge in [-0.15, -0.1) is 9.13 Å². The number of pyridine rings is 1. The van der Waals surface area contributed by atoms with Gasteiger partial charge in [-0.3, -0.25) is 0 Å². The van der Waals surface area contributed by atoms with Crippen molar-refractivity contribution in [3.05, 3.63) is 166 Å². The van der Waals surface area contributed by atoms with E-state index in [1.54, 1.807) is 18.4 Å². The second-order valence-corrected chi connectivity index (χ2v) is 20.3. The van der Waals surface area contributed by atoms with Gasteiger partial charge in [0.25, 0.3) is 0 Å². The third kappa shape index (κ3) is 5.88. The number of imidazole rings is 1. The van der Waals surface area contributed by atoms with Crippen LogP contribution in [0, 0.1) is 13.8 Å². The maximum atomic E-state index is 10.3. The van der Waals surface area contributed by atoms with Gasteiger partial charge in [0.15, 0.2) is 23.0 Å². The van der Waals surface area contributed by atoms with Crippen LogP contribution in [0.3, 0.4) is 0 Å². The molecule has 3 aliphatic rings. The molecule has 1 atom stereocenters. The van der Waals surface area contributed by atoms with Gasteiger partial charge in [-0.2, -0.15) is 4.57 Å². The Morgan fingerprint density at radius 2 is 1.38 bits per heavy atom. The van der Waals surface area contributed by atoms with Gasteiger partial charge in [0.2, 0.25) is 5.69 Å². The zero-order valence-corrected chi connectivity index (χ0v) is 39.8. The van der Waals surface area contributed by atoms with Crippen LogP contribution in [0.4, 0.5) is 0 Å². The lowest BCUT2D eigenvalue weighted by molar-refractivity contribution is -0.997. The van der Waals surface area contributed by atoms with Crippen molar-refractivity contribution < 1.29 is 27.6 Å². The highest BCUT2D eigenvalue weighted by Crippen LogP contribution is 2.56. The summed E-state index contributed by atoms with van der Waals surface area (Å²) in [5.74, 6) is -3.96. The van der Waals surface area contributed by atoms with E-state index in [-0.39, 0.29) is 52.6 Å². The number of fused-ring (bicyclic) bond motifs is 5. The van der Waals surface area contributed by atoms with E-state index < -0.39 is 47.1 Å². The number of hydrogen-bond acceptors (Lipinski definition) is 1. The zero-order chi connectivity index (χ0) is 54.5. The molecule has 11 rings (SSSR count). The van der Waals surface area contributed by atoms with Gasteiger partial charge >= 0.3 is 11.7 Å². The molecule has 2 aromatic heterocycles. The quantitative estimate of drug-likeness (QED) is 0.146. The molecular weight excluding hydrogens is 791 g/mol. The van der Waals surface area contributed by atoms with Gasteiger partial charge in [-0.1, -0.05) is 142 Å². The highest BCUT2D eigenvalue weighted by Gasteiger charge is 2.69. The average molecular weight is 864 g/mol. The molecule has 4 heteroatoms. The largest absolute Gasteiger partial charge is 0.499 e. The highest BCUT2D eigenvalue weighted by atomic mass is 16.5. The summed E-state index contributed by atoms with van der Waals surface area (Å²) < 4.78 is 109. The van der Waals surface area contributed by atoms with Crippen molar-refractivity contribution in [1.29, 1.82) is 0 Å². The number of benzene rings is 6. The van der Waals surface area contributed by atoms with Gasteiger partial charge in [-0.25, -0.2) is 0 Å². The molecule has 1 spiro atoms. The highest BCUT2D eigenvalue weighted by molar-refractivity contribution is 5.98. The van der Waals surface area contributed by atoms with E-state index >= 15 is 0 Å². The van der Waals surface area contributed by atoms with E-state index in [1.807, 2.05) is 64.1 Å². The molecule has 0 saturated heterocycles. The average Bonchev–Trinajstić information content (AvgIpc) is 3.92. The van der Waals surface area contributed by atoms with Gasteiger partial charge < -0.3 is 4.74 Å². The zero-order valence-electron chi connectivity index (χ0n) is 49.8. The minimum Gasteiger partial charge on any atom is -0.392 e. The van der Waals surface area contributed by atoms with Crippen LogP contribution in [0.2, 0.25) is 0 Å². The van der Waals surface area contributed by atoms with E-state index in [0.717, 1.165) is 61.2 Å². The molecule has 1 unspecified atom stereocenters. The van der Waals surface area contributed by atoms with Crippen LogP contribution in [0.25, 0.3) is 72.7 Å². The summed E-state index contributed by atoms with van der Waals surface area (Å²) >= 11 is 0. The molecule has 0 aliphatic carbocycles. The maximum absolute atomic E-state index is 10.3. The minimum absolute atomic E-state index is 0.143. The van der Waals surface area contributed by atoms with E-state index in [4.69, 9.17) is 7.48 Å². The fourth-order valence-corrected chi connectivity index (χ4v) is 10.5. The summed E-state index contributed by atoms with van der Waals surface area (Å²) in [5.41, 5.74) is 12.5. The second kappa shape index (κ2) is 14.4. The predicted molar refractivity (Wildman–Crippen MR) is 268 cm³/mol. The molecule has 6 aromatic carbocycles. The van der Waals surface area contributed by atoms with Crippen molar-refractivity contribution in [3.63, 3.8) is 0 Å². The number of nitrogens with zero attached hydrogens (tertiary/aromatic N) is 3. The Morgan fingerprint density at radius 3 is 2.06 bits per heavy atom. The fourth-order valence-electron chi connectivity index (χ4n) is 10.5. The minimum atomic E-state index is -1.85. The van der Waals surface area contributed by atoms with Crippen LogP contribution < -0.4 is 13.9 Å². The van der Waals surface area contributed by atoms with Gasteiger partial charge in [0, 0.05) is 27.3 Å². The summed E-state index contributed by atoms with van der Waals surface area (Å²) in [5, 5.41) is 0. The third-order valence-electron chi connectivity index (χ3n) is 13.8. The van der Waals surface area contributed by atoms with E-state index in [9.17, 15) is 11.0 Å². The van der Waals surface area contributed by atoms with Crippen molar-refractivity contribution >= 4 is 11.0 Å². The lowest BCUT2D eigenvalue weighted by Gasteiger charge is -2.34. The monoisotopic (exact) mass is 864 g/mol. The molecule has 326 valence electrons. The summed E-state index contributed by atoms with van der Waals surface area (Å²) in [6.07, 6.45) is -0.372. The summed E-state index contributed by atoms with van der Waals surface area (Å²) in [4.78, 5) is 0. The van der Waals surface area contributed by atoms with Gasteiger partial charge in [-0.05, 0) is 141 Å². The SMILES string of the molecule is [2H]c1c([2H])c(-c2c([2H])c([2H])[n+]3c(c2[2H])-c2cc(C(C)(C)C)cc4c2C32Oc3c(cc(C([2H])(C)C)cc3C([2H])(C)C)-c3n(-c5ccc(-c6c(C(C)C)cccc6C([2H])(C)C)cc5C)c5cccc-4c5[n+]32)c([2H])c([2H])c1C. The molecule has 0 bridgehead atoms. The fraction of sp³-hybridized carbons (Fsp3) is 0.311. The number of aromatic nitrogens is 3. The number of hydrogen-bond donors (Lipinski definition) is 0. The lowest BCUT2D eigenvalue weighted by Crippen LogP contribution is -2.78. The number of aryl methyl sites for hydroxylation is 1. The molecule has 8 aromatic rings. The molecule has 3 aliphatic heterocycles. The first-order valence-electron chi connectivity index (χ1n) is 27.9. The Bertz CT molecular complexity index is 3850. The van der Waals surface area contributed by atoms with Crippen LogP contribution in [0.15, 0.2) is 121 Å². The van der Waals surface area contributed by atoms with Gasteiger partial charge in [0.1, 0.15) is 18.2 Å². The van der Waals surface area contributed by atoms with Crippen LogP contribution >= 0.6 is 0 Å². The number of rotatable bonds is 7. The molecule has 0 radical (unpaired) electrons. The molecule has 5 heterocycles. The molecule has 0 N–H and O–H groups in total. The van der Waals surface area contributed by atoms with Crippen LogP contribution in [-0.2, 0) is 11.3 Å². The van der Waals surface area contributed by atoms with Gasteiger partial charge in [0.05, 0.1) is 13.8 Å². The van der Waals surface area contributed by atoms with E-state index in [1.165, 1.54) is 6.92 Å². The Morgan fingerprint density at radius 1 is 0.677 bits per heavy atom. The van der Waals surface area contributed by atoms with Crippen molar-refractivity contribution in [2.45, 2.75) is 125 Å². The second-order valence-electron chi connectivity index (χ2n) is 20.3. The number of ether oxygens (including phenoxy) is 1. The molecule has 4 nitrogen and oxygen atoms in total. The first-order chi connectivity index (χ1) is 34.8. The molecule has 0 amide bonds. The molecule has 0 saturated carbocycles. The van der Waals surface area contributed by atoms with Crippen molar-refractivity contribution in [3.8, 4) is 67.5 Å². The van der Waals surface area contributed by atoms with Crippen molar-refractivity contribution in [2.75, 3.05) is 0 Å². The predicted octanol–water partition coefficient (Wildman–Crippen LogP) is 15.2. The summed E-state index contributed by atoms with van der Waals surface area (Å²) in [7, 11) is 0. The molecular formula is C61H63N3O+2. The lowest BCUT2D eigenvalue weighted by atomic mass is 9.80. The first kappa shape index (κ1) is 31.6. The third-order valence-corrected chi connectivity index (χ3v) is 13.8. The van der Waals surface area contributed by atoms with E-state index in [2.05, 4.69) is 93.1 Å². The van der Waals surface area contributed by atoms with E-state index in [0.29, 0.717) is 39.4 Å². The molecule has 0 fully saturated rings. The van der Waals surface area contributed by atoms with Crippen molar-refractivity contribution in [2.24, 2.45) is 0 Å². The Kier molecular flexibility index (Phi) is 6.98. The summed E-state index contributed by atoms with van der Waals surface area (Å²) in [6, 6.07) is 24.9. The number of para-hydroxylation sites is 1. The normalized spacial score (nSPS) is 18.2. The standard InChI is InChI=1S/C61H63N3O/c1-34(2)43-29-48(37(7)8)58-51(30-43)59-63(52-25-24-42(28-39(52)10)55-45(35(3)4)16-14-17-46(55)36(5)6)53-19-15-18-47-49-32-44(60(11,12)13)33-50-54-31-41(40-22-20-38(9)21-23-40)26-27-62(54)61(65-58,56(49)50)64(59)57(47)53/h14-37H,1-13H3/q+2/i20D,21D,22D,23D,26D,27D,31D,34D,35D,37D. The van der Waals surface area contributed by atoms with Crippen LogP contribution in [0.5, 0.6) is 5.75 Å². The molecule has 65 heavy (non-hydrogen) atoms. The van der Waals surface area contributed by atoms with Crippen LogP contribution in [-0.4, -0.2) is 4.57 Å². The summed E-state index contributed by atoms with van der Waals surface area (Å²) in [6.45, 7) is 25.4. The Hall–Kier alpha value is -6.26. The smallest absolute Gasteiger partial charge is 0.392 e. The Balaban J connectivity index is 1.35.